The van der Waals surface area contributed by atoms with Crippen LogP contribution >= 0.6 is 11.8 Å². The molecule has 7 heteroatoms. The van der Waals surface area contributed by atoms with Crippen molar-refractivity contribution in [2.75, 3.05) is 0 Å². The highest BCUT2D eigenvalue weighted by molar-refractivity contribution is 8.00. The average Bonchev–Trinajstić information content (AvgIpc) is 3.16. The topological polar surface area (TPSA) is 88.9 Å². The van der Waals surface area contributed by atoms with Crippen molar-refractivity contribution >= 4 is 34.1 Å². The number of hydrogen-bond donors (Lipinski definition) is 1. The van der Waals surface area contributed by atoms with Crippen molar-refractivity contribution in [1.29, 1.82) is 0 Å². The van der Waals surface area contributed by atoms with Gasteiger partial charge in [-0.15, -0.1) is 0 Å². The molecule has 4 rings (SSSR count). The first kappa shape index (κ1) is 17.9. The minimum atomic E-state index is -0.658. The van der Waals surface area contributed by atoms with Crippen molar-refractivity contribution in [3.8, 4) is 0 Å². The van der Waals surface area contributed by atoms with Gasteiger partial charge in [0.15, 0.2) is 10.8 Å². The first-order chi connectivity index (χ1) is 13.6. The first-order valence-corrected chi connectivity index (χ1v) is 9.44. The Kier molecular flexibility index (Phi) is 4.90. The second-order valence-corrected chi connectivity index (χ2v) is 7.20. The largest absolute Gasteiger partial charge is 0.360 e. The summed E-state index contributed by atoms with van der Waals surface area (Å²) in [5.41, 5.74) is 2.07. The average molecular weight is 389 g/mol. The van der Waals surface area contributed by atoms with Crippen LogP contribution in [0.3, 0.4) is 0 Å². The van der Waals surface area contributed by atoms with Gasteiger partial charge in [-0.3, -0.25) is 14.9 Å². The molecule has 2 heterocycles. The highest BCUT2D eigenvalue weighted by atomic mass is 32.2. The lowest BCUT2D eigenvalue weighted by Crippen LogP contribution is -2.10. The normalized spacial score (nSPS) is 12.0. The van der Waals surface area contributed by atoms with Crippen LogP contribution in [-0.4, -0.2) is 20.7 Å². The molecule has 0 bridgehead atoms. The lowest BCUT2D eigenvalue weighted by molar-refractivity contribution is -0.388. The molecule has 0 aliphatic rings. The van der Waals surface area contributed by atoms with Crippen LogP contribution in [-0.2, 0) is 0 Å². The predicted octanol–water partition coefficient (Wildman–Crippen LogP) is 5.19. The first-order valence-electron chi connectivity index (χ1n) is 8.56. The fraction of sp³-hybridized carbons (Fsp3) is 0.0476. The second-order valence-electron chi connectivity index (χ2n) is 6.11. The van der Waals surface area contributed by atoms with Crippen molar-refractivity contribution in [3.63, 3.8) is 0 Å². The smallest absolute Gasteiger partial charge is 0.301 e. The van der Waals surface area contributed by atoms with E-state index in [4.69, 9.17) is 0 Å². The van der Waals surface area contributed by atoms with Crippen LogP contribution < -0.4 is 0 Å². The number of Topliss-reactive ketones (excluding diaryl/α,β-unsaturated/α-hetero) is 1. The van der Waals surface area contributed by atoms with Crippen molar-refractivity contribution in [2.45, 2.75) is 10.3 Å². The maximum absolute atomic E-state index is 13.5. The van der Waals surface area contributed by atoms with E-state index in [0.29, 0.717) is 5.56 Å². The molecule has 28 heavy (non-hydrogen) atoms. The molecule has 1 unspecified atom stereocenters. The number of nitro groups is 1. The van der Waals surface area contributed by atoms with Gasteiger partial charge in [0.05, 0.1) is 10.2 Å². The van der Waals surface area contributed by atoms with Crippen molar-refractivity contribution in [1.82, 2.24) is 9.97 Å². The van der Waals surface area contributed by atoms with Gasteiger partial charge >= 0.3 is 5.69 Å². The summed E-state index contributed by atoms with van der Waals surface area (Å²) < 4.78 is 0. The van der Waals surface area contributed by atoms with E-state index in [1.807, 2.05) is 54.6 Å². The Morgan fingerprint density at radius 2 is 1.79 bits per heavy atom. The van der Waals surface area contributed by atoms with Crippen molar-refractivity contribution in [3.05, 3.63) is 100 Å². The van der Waals surface area contributed by atoms with E-state index < -0.39 is 10.2 Å². The van der Waals surface area contributed by atoms with Gasteiger partial charge in [0.1, 0.15) is 0 Å². The SMILES string of the molecule is O=C(c1c[nH]c2ccccc12)C(Sc1ncccc1[N+](=O)[O-])c1ccccc1. The number of aromatic amines is 1. The molecule has 4 aromatic rings. The zero-order valence-corrected chi connectivity index (χ0v) is 15.4. The molecule has 1 N–H and O–H groups in total. The third kappa shape index (κ3) is 3.39. The van der Waals surface area contributed by atoms with Gasteiger partial charge in [0.25, 0.3) is 0 Å². The number of ketones is 1. The summed E-state index contributed by atoms with van der Waals surface area (Å²) in [4.78, 5) is 31.6. The second kappa shape index (κ2) is 7.66. The number of para-hydroxylation sites is 1. The van der Waals surface area contributed by atoms with E-state index in [2.05, 4.69) is 9.97 Å². The highest BCUT2D eigenvalue weighted by Gasteiger charge is 2.28. The van der Waals surface area contributed by atoms with Crippen molar-refractivity contribution in [2.24, 2.45) is 0 Å². The number of nitrogens with one attached hydrogen (secondary N) is 1. The molecular weight excluding hydrogens is 374 g/mol. The molecule has 2 aromatic heterocycles. The summed E-state index contributed by atoms with van der Waals surface area (Å²) in [5.74, 6) is -0.131. The molecule has 2 aromatic carbocycles. The van der Waals surface area contributed by atoms with Crippen LogP contribution in [0.2, 0.25) is 0 Å². The zero-order valence-electron chi connectivity index (χ0n) is 14.6. The number of nitrogens with zero attached hydrogens (tertiary/aromatic N) is 2. The molecule has 0 saturated heterocycles. The van der Waals surface area contributed by atoms with Crippen LogP contribution in [0.15, 0.2) is 84.1 Å². The molecule has 138 valence electrons. The van der Waals surface area contributed by atoms with Gasteiger partial charge in [-0.05, 0) is 17.7 Å². The van der Waals surface area contributed by atoms with Crippen LogP contribution in [0, 0.1) is 10.1 Å². The number of carbonyl (C=O) groups is 1. The molecular formula is C21H15N3O3S. The standard InChI is InChI=1S/C21H15N3O3S/c25-19(16-13-23-17-10-5-4-9-15(16)17)20(14-7-2-1-3-8-14)28-21-18(24(26)27)11-6-12-22-21/h1-13,20,23H. The van der Waals surface area contributed by atoms with Crippen LogP contribution in [0.5, 0.6) is 0 Å². The third-order valence-electron chi connectivity index (χ3n) is 4.37. The van der Waals surface area contributed by atoms with Gasteiger partial charge in [0.2, 0.25) is 0 Å². The molecule has 6 nitrogen and oxygen atoms in total. The van der Waals surface area contributed by atoms with Gasteiger partial charge in [-0.1, -0.05) is 60.3 Å². The minimum Gasteiger partial charge on any atom is -0.360 e. The summed E-state index contributed by atoms with van der Waals surface area (Å²) in [6.45, 7) is 0. The summed E-state index contributed by atoms with van der Waals surface area (Å²) in [6.07, 6.45) is 3.18. The number of aromatic nitrogens is 2. The number of pyridine rings is 1. The number of H-pyrrole nitrogens is 1. The number of fused-ring (bicyclic) bond motifs is 1. The summed E-state index contributed by atoms with van der Waals surface area (Å²) >= 11 is 1.10. The summed E-state index contributed by atoms with van der Waals surface area (Å²) in [6, 6.07) is 19.7. The molecule has 0 spiro atoms. The van der Waals surface area contributed by atoms with Crippen LogP contribution in [0.1, 0.15) is 21.2 Å². The molecule has 0 fully saturated rings. The Morgan fingerprint density at radius 1 is 1.04 bits per heavy atom. The number of hydrogen-bond acceptors (Lipinski definition) is 5. The predicted molar refractivity (Wildman–Crippen MR) is 109 cm³/mol. The quantitative estimate of drug-likeness (QED) is 0.212. The Morgan fingerprint density at radius 3 is 2.57 bits per heavy atom. The zero-order chi connectivity index (χ0) is 19.5. The Labute approximate surface area is 164 Å². The minimum absolute atomic E-state index is 0.111. The fourth-order valence-electron chi connectivity index (χ4n) is 3.04. The molecule has 0 amide bonds. The third-order valence-corrected chi connectivity index (χ3v) is 5.63. The highest BCUT2D eigenvalue weighted by Crippen LogP contribution is 2.41. The van der Waals surface area contributed by atoms with E-state index >= 15 is 0 Å². The lowest BCUT2D eigenvalue weighted by atomic mass is 10.0. The molecule has 0 saturated carbocycles. The van der Waals surface area contributed by atoms with Gasteiger partial charge in [-0.25, -0.2) is 4.98 Å². The number of benzene rings is 2. The summed E-state index contributed by atoms with van der Waals surface area (Å²) in [7, 11) is 0. The van der Waals surface area contributed by atoms with E-state index in [9.17, 15) is 14.9 Å². The molecule has 0 aliphatic heterocycles. The van der Waals surface area contributed by atoms with Gasteiger partial charge in [0, 0.05) is 34.9 Å². The number of thioether (sulfide) groups is 1. The van der Waals surface area contributed by atoms with Crippen LogP contribution in [0.4, 0.5) is 5.69 Å². The lowest BCUT2D eigenvalue weighted by Gasteiger charge is -2.15. The van der Waals surface area contributed by atoms with Gasteiger partial charge < -0.3 is 4.98 Å². The van der Waals surface area contributed by atoms with Crippen LogP contribution in [0.25, 0.3) is 10.9 Å². The molecule has 0 radical (unpaired) electrons. The summed E-state index contributed by atoms with van der Waals surface area (Å²) in [5, 5.41) is 11.8. The molecule has 1 atom stereocenters. The number of rotatable bonds is 6. The fourth-order valence-corrected chi connectivity index (χ4v) is 4.18. The maximum atomic E-state index is 13.5. The monoisotopic (exact) mass is 389 g/mol. The van der Waals surface area contributed by atoms with Gasteiger partial charge in [-0.2, -0.15) is 0 Å². The Hall–Kier alpha value is -3.45. The van der Waals surface area contributed by atoms with E-state index in [0.717, 1.165) is 28.2 Å². The van der Waals surface area contributed by atoms with E-state index in [-0.39, 0.29) is 16.5 Å². The molecule has 0 aliphatic carbocycles. The van der Waals surface area contributed by atoms with E-state index in [1.165, 1.54) is 18.3 Å². The maximum Gasteiger partial charge on any atom is 0.301 e. The van der Waals surface area contributed by atoms with E-state index in [1.54, 1.807) is 6.20 Å². The Balaban J connectivity index is 1.79. The van der Waals surface area contributed by atoms with Crippen molar-refractivity contribution < 1.29 is 9.72 Å². The Bertz CT molecular complexity index is 1160. The number of carbonyl (C=O) groups excluding carboxylic acids is 1.